The Labute approximate surface area is 152 Å². The molecular weight excluding hydrogens is 336 g/mol. The molecule has 6 nitrogen and oxygen atoms in total. The molecule has 0 unspecified atom stereocenters. The van der Waals surface area contributed by atoms with Crippen molar-refractivity contribution in [3.63, 3.8) is 0 Å². The molecule has 1 N–H and O–H groups in total. The van der Waals surface area contributed by atoms with Crippen molar-refractivity contribution in [3.8, 4) is 11.4 Å². The molecule has 0 spiro atoms. The molecule has 2 heterocycles. The average molecular weight is 362 g/mol. The SMILES string of the molecule is Cc1occc1-c1nnc(S[C@@H](C)C(=O)NCC2CCCCC2)n1C. The summed E-state index contributed by atoms with van der Waals surface area (Å²) in [6.07, 6.45) is 8.03. The van der Waals surface area contributed by atoms with E-state index in [1.54, 1.807) is 6.26 Å². The number of hydrogen-bond donors (Lipinski definition) is 1. The van der Waals surface area contributed by atoms with Crippen LogP contribution in [0.3, 0.4) is 0 Å². The Hall–Kier alpha value is -1.76. The predicted molar refractivity (Wildman–Crippen MR) is 98.3 cm³/mol. The molecule has 1 atom stereocenters. The van der Waals surface area contributed by atoms with E-state index in [-0.39, 0.29) is 11.2 Å². The van der Waals surface area contributed by atoms with Crippen molar-refractivity contribution < 1.29 is 9.21 Å². The molecule has 0 bridgehead atoms. The second kappa shape index (κ2) is 8.08. The lowest BCUT2D eigenvalue weighted by atomic mass is 9.89. The molecule has 0 aliphatic heterocycles. The van der Waals surface area contributed by atoms with E-state index in [2.05, 4.69) is 15.5 Å². The minimum atomic E-state index is -0.204. The van der Waals surface area contributed by atoms with E-state index < -0.39 is 0 Å². The van der Waals surface area contributed by atoms with Gasteiger partial charge in [-0.15, -0.1) is 10.2 Å². The predicted octanol–water partition coefficient (Wildman–Crippen LogP) is 3.56. The quantitative estimate of drug-likeness (QED) is 0.796. The van der Waals surface area contributed by atoms with Gasteiger partial charge < -0.3 is 14.3 Å². The molecule has 1 aliphatic rings. The molecule has 0 saturated heterocycles. The van der Waals surface area contributed by atoms with Gasteiger partial charge in [0.25, 0.3) is 0 Å². The first-order chi connectivity index (χ1) is 12.1. The van der Waals surface area contributed by atoms with Crippen molar-refractivity contribution >= 4 is 17.7 Å². The van der Waals surface area contributed by atoms with E-state index in [4.69, 9.17) is 4.42 Å². The summed E-state index contributed by atoms with van der Waals surface area (Å²) in [6.45, 7) is 4.61. The summed E-state index contributed by atoms with van der Waals surface area (Å²) in [7, 11) is 1.91. The minimum Gasteiger partial charge on any atom is -0.469 e. The van der Waals surface area contributed by atoms with Gasteiger partial charge in [0.1, 0.15) is 5.76 Å². The zero-order valence-electron chi connectivity index (χ0n) is 15.1. The fourth-order valence-electron chi connectivity index (χ4n) is 3.26. The van der Waals surface area contributed by atoms with Gasteiger partial charge in [-0.1, -0.05) is 31.0 Å². The molecule has 25 heavy (non-hydrogen) atoms. The average Bonchev–Trinajstić information content (AvgIpc) is 3.19. The number of carbonyl (C=O) groups is 1. The van der Waals surface area contributed by atoms with Gasteiger partial charge in [-0.2, -0.15) is 0 Å². The van der Waals surface area contributed by atoms with E-state index in [1.807, 2.05) is 31.5 Å². The van der Waals surface area contributed by atoms with Crippen LogP contribution in [0.4, 0.5) is 0 Å². The van der Waals surface area contributed by atoms with E-state index >= 15 is 0 Å². The Balaban J connectivity index is 1.57. The van der Waals surface area contributed by atoms with Crippen LogP contribution in [0.2, 0.25) is 0 Å². The van der Waals surface area contributed by atoms with E-state index in [9.17, 15) is 4.79 Å². The first-order valence-electron chi connectivity index (χ1n) is 8.94. The Kier molecular flexibility index (Phi) is 5.83. The third-order valence-electron chi connectivity index (χ3n) is 4.88. The number of nitrogens with zero attached hydrogens (tertiary/aromatic N) is 3. The topological polar surface area (TPSA) is 72.9 Å². The summed E-state index contributed by atoms with van der Waals surface area (Å²) in [5.41, 5.74) is 0.927. The van der Waals surface area contributed by atoms with Crippen LogP contribution in [-0.2, 0) is 11.8 Å². The standard InChI is InChI=1S/C18H26N4O2S/c1-12-15(9-10-24-12)16-20-21-18(22(16)3)25-13(2)17(23)19-11-14-7-5-4-6-8-14/h9-10,13-14H,4-8,11H2,1-3H3,(H,19,23)/t13-/m0/s1. The van der Waals surface area contributed by atoms with Crippen molar-refractivity contribution in [1.29, 1.82) is 0 Å². The molecule has 1 aliphatic carbocycles. The number of hydrogen-bond acceptors (Lipinski definition) is 5. The first-order valence-corrected chi connectivity index (χ1v) is 9.82. The second-order valence-electron chi connectivity index (χ2n) is 6.76. The van der Waals surface area contributed by atoms with Gasteiger partial charge in [0.2, 0.25) is 5.91 Å². The molecule has 0 aromatic carbocycles. The molecule has 1 saturated carbocycles. The van der Waals surface area contributed by atoms with Crippen LogP contribution in [0, 0.1) is 12.8 Å². The van der Waals surface area contributed by atoms with Gasteiger partial charge in [0.05, 0.1) is 17.1 Å². The Morgan fingerprint density at radius 3 is 2.84 bits per heavy atom. The first kappa shape index (κ1) is 18.0. The second-order valence-corrected chi connectivity index (χ2v) is 8.07. The normalized spacial score (nSPS) is 16.8. The van der Waals surface area contributed by atoms with Crippen LogP contribution in [0.1, 0.15) is 44.8 Å². The molecular formula is C18H26N4O2S. The molecule has 2 aromatic heterocycles. The van der Waals surface area contributed by atoms with E-state index in [0.717, 1.165) is 28.8 Å². The van der Waals surface area contributed by atoms with Crippen LogP contribution < -0.4 is 5.32 Å². The van der Waals surface area contributed by atoms with Crippen molar-refractivity contribution in [2.45, 2.75) is 56.4 Å². The van der Waals surface area contributed by atoms with E-state index in [1.165, 1.54) is 43.9 Å². The monoisotopic (exact) mass is 362 g/mol. The third kappa shape index (κ3) is 4.26. The van der Waals surface area contributed by atoms with Crippen molar-refractivity contribution in [2.24, 2.45) is 13.0 Å². The van der Waals surface area contributed by atoms with Crippen molar-refractivity contribution in [2.75, 3.05) is 6.54 Å². The van der Waals surface area contributed by atoms with Crippen LogP contribution in [-0.4, -0.2) is 32.5 Å². The van der Waals surface area contributed by atoms with Crippen LogP contribution >= 0.6 is 11.8 Å². The summed E-state index contributed by atoms with van der Waals surface area (Å²) < 4.78 is 7.25. The smallest absolute Gasteiger partial charge is 0.233 e. The van der Waals surface area contributed by atoms with Gasteiger partial charge in [-0.3, -0.25) is 4.79 Å². The van der Waals surface area contributed by atoms with E-state index in [0.29, 0.717) is 5.92 Å². The molecule has 0 radical (unpaired) electrons. The maximum absolute atomic E-state index is 12.4. The Bertz CT molecular complexity index is 718. The van der Waals surface area contributed by atoms with Gasteiger partial charge in [-0.05, 0) is 38.7 Å². The van der Waals surface area contributed by atoms with Crippen molar-refractivity contribution in [3.05, 3.63) is 18.1 Å². The molecule has 3 rings (SSSR count). The van der Waals surface area contributed by atoms with Gasteiger partial charge >= 0.3 is 0 Å². The van der Waals surface area contributed by atoms with Gasteiger partial charge in [0, 0.05) is 13.6 Å². The maximum atomic E-state index is 12.4. The lowest BCUT2D eigenvalue weighted by Crippen LogP contribution is -2.35. The molecule has 1 fully saturated rings. The highest BCUT2D eigenvalue weighted by Gasteiger charge is 2.21. The number of thioether (sulfide) groups is 1. The van der Waals surface area contributed by atoms with Crippen LogP contribution in [0.15, 0.2) is 21.9 Å². The summed E-state index contributed by atoms with van der Waals surface area (Å²) in [5, 5.41) is 12.1. The number of carbonyl (C=O) groups excluding carboxylic acids is 1. The number of aryl methyl sites for hydroxylation is 1. The fourth-order valence-corrected chi connectivity index (χ4v) is 4.10. The summed E-state index contributed by atoms with van der Waals surface area (Å²) in [5.74, 6) is 2.27. The van der Waals surface area contributed by atoms with Gasteiger partial charge in [0.15, 0.2) is 11.0 Å². The van der Waals surface area contributed by atoms with Gasteiger partial charge in [-0.25, -0.2) is 0 Å². The highest BCUT2D eigenvalue weighted by atomic mass is 32.2. The number of aromatic nitrogens is 3. The molecule has 2 aromatic rings. The molecule has 136 valence electrons. The van der Waals surface area contributed by atoms with Crippen LogP contribution in [0.5, 0.6) is 0 Å². The minimum absolute atomic E-state index is 0.0691. The zero-order chi connectivity index (χ0) is 17.8. The third-order valence-corrected chi connectivity index (χ3v) is 6.01. The summed E-state index contributed by atoms with van der Waals surface area (Å²) in [6, 6.07) is 1.88. The highest BCUT2D eigenvalue weighted by molar-refractivity contribution is 8.00. The van der Waals surface area contributed by atoms with Crippen LogP contribution in [0.25, 0.3) is 11.4 Å². The largest absolute Gasteiger partial charge is 0.469 e. The molecule has 1 amide bonds. The maximum Gasteiger partial charge on any atom is 0.233 e. The lowest BCUT2D eigenvalue weighted by molar-refractivity contribution is -0.120. The number of rotatable bonds is 6. The lowest BCUT2D eigenvalue weighted by Gasteiger charge is -2.22. The number of amides is 1. The summed E-state index contributed by atoms with van der Waals surface area (Å²) in [4.78, 5) is 12.4. The highest BCUT2D eigenvalue weighted by Crippen LogP contribution is 2.28. The molecule has 7 heteroatoms. The number of furan rings is 1. The Morgan fingerprint density at radius 2 is 2.16 bits per heavy atom. The summed E-state index contributed by atoms with van der Waals surface area (Å²) >= 11 is 1.44. The Morgan fingerprint density at radius 1 is 1.40 bits per heavy atom. The fraction of sp³-hybridized carbons (Fsp3) is 0.611. The van der Waals surface area contributed by atoms with Crippen molar-refractivity contribution in [1.82, 2.24) is 20.1 Å². The zero-order valence-corrected chi connectivity index (χ0v) is 15.9. The number of nitrogens with one attached hydrogen (secondary N) is 1.